The van der Waals surface area contributed by atoms with Gasteiger partial charge in [-0.25, -0.2) is 0 Å². The van der Waals surface area contributed by atoms with Gasteiger partial charge in [-0.1, -0.05) is 24.2 Å². The Hall–Kier alpha value is -2.28. The van der Waals surface area contributed by atoms with Gasteiger partial charge in [0.05, 0.1) is 12.1 Å². The standard InChI is InChI=1S/C19H24N2O4S/c1-12(19-13(2)21-25-14(19)3)9-17(22)20-16-6-4-5-15(10-16)11-26-8-7-18(23)24/h4-6,10,12H,7-9,11H2,1-3H3,(H,20,22)(H,23,24). The first-order valence-corrected chi connectivity index (χ1v) is 9.63. The number of carbonyl (C=O) groups excluding carboxylic acids is 1. The topological polar surface area (TPSA) is 92.4 Å². The second kappa shape index (κ2) is 9.43. The van der Waals surface area contributed by atoms with E-state index in [1.165, 1.54) is 0 Å². The lowest BCUT2D eigenvalue weighted by Crippen LogP contribution is -2.15. The Bertz CT molecular complexity index is 753. The molecule has 0 saturated heterocycles. The second-order valence-electron chi connectivity index (χ2n) is 6.29. The lowest BCUT2D eigenvalue weighted by Gasteiger charge is -2.12. The monoisotopic (exact) mass is 376 g/mol. The summed E-state index contributed by atoms with van der Waals surface area (Å²) in [5.41, 5.74) is 3.61. The minimum Gasteiger partial charge on any atom is -0.481 e. The fraction of sp³-hybridized carbons (Fsp3) is 0.421. The molecule has 0 bridgehead atoms. The van der Waals surface area contributed by atoms with E-state index in [0.717, 1.165) is 28.3 Å². The van der Waals surface area contributed by atoms with Crippen molar-refractivity contribution in [2.45, 2.75) is 45.3 Å². The summed E-state index contributed by atoms with van der Waals surface area (Å²) in [6.07, 6.45) is 0.501. The molecule has 0 spiro atoms. The van der Waals surface area contributed by atoms with E-state index in [1.54, 1.807) is 11.8 Å². The second-order valence-corrected chi connectivity index (χ2v) is 7.39. The van der Waals surface area contributed by atoms with Gasteiger partial charge < -0.3 is 14.9 Å². The van der Waals surface area contributed by atoms with Gasteiger partial charge in [0.25, 0.3) is 0 Å². The van der Waals surface area contributed by atoms with E-state index in [9.17, 15) is 9.59 Å². The maximum atomic E-state index is 12.4. The zero-order valence-corrected chi connectivity index (χ0v) is 16.1. The molecule has 0 saturated carbocycles. The molecular weight excluding hydrogens is 352 g/mol. The van der Waals surface area contributed by atoms with E-state index in [0.29, 0.717) is 17.9 Å². The highest BCUT2D eigenvalue weighted by Gasteiger charge is 2.19. The first kappa shape index (κ1) is 20.0. The lowest BCUT2D eigenvalue weighted by molar-refractivity contribution is -0.136. The van der Waals surface area contributed by atoms with Gasteiger partial charge in [0, 0.05) is 29.2 Å². The van der Waals surface area contributed by atoms with Crippen LogP contribution in [0.2, 0.25) is 0 Å². The van der Waals surface area contributed by atoms with Gasteiger partial charge in [-0.2, -0.15) is 11.8 Å². The van der Waals surface area contributed by atoms with E-state index >= 15 is 0 Å². The van der Waals surface area contributed by atoms with E-state index in [2.05, 4.69) is 10.5 Å². The highest BCUT2D eigenvalue weighted by Crippen LogP contribution is 2.26. The van der Waals surface area contributed by atoms with Crippen molar-refractivity contribution in [3.05, 3.63) is 46.8 Å². The predicted octanol–water partition coefficient (Wildman–Crippen LogP) is 4.13. The summed E-state index contributed by atoms with van der Waals surface area (Å²) in [6.45, 7) is 5.72. The molecule has 2 N–H and O–H groups in total. The van der Waals surface area contributed by atoms with E-state index < -0.39 is 5.97 Å². The Balaban J connectivity index is 1.88. The molecule has 1 heterocycles. The van der Waals surface area contributed by atoms with Gasteiger partial charge in [-0.05, 0) is 37.5 Å². The zero-order valence-electron chi connectivity index (χ0n) is 15.2. The maximum absolute atomic E-state index is 12.4. The Kier molecular flexibility index (Phi) is 7.26. The SMILES string of the molecule is Cc1noc(C)c1C(C)CC(=O)Nc1cccc(CSCCC(=O)O)c1. The van der Waals surface area contributed by atoms with Crippen LogP contribution in [0.1, 0.15) is 48.3 Å². The third kappa shape index (κ3) is 5.91. The molecule has 0 aliphatic carbocycles. The fourth-order valence-corrected chi connectivity index (χ4v) is 3.75. The molecule has 1 aromatic carbocycles. The van der Waals surface area contributed by atoms with E-state index in [1.807, 2.05) is 45.0 Å². The molecule has 0 radical (unpaired) electrons. The number of aryl methyl sites for hydroxylation is 2. The Morgan fingerprint density at radius 1 is 1.35 bits per heavy atom. The van der Waals surface area contributed by atoms with Crippen LogP contribution in [0.25, 0.3) is 0 Å². The molecular formula is C19H24N2O4S. The van der Waals surface area contributed by atoms with Crippen molar-refractivity contribution in [1.29, 1.82) is 0 Å². The average Bonchev–Trinajstić information content (AvgIpc) is 2.90. The summed E-state index contributed by atoms with van der Waals surface area (Å²) in [5, 5.41) is 15.5. The quantitative estimate of drug-likeness (QED) is 0.639. The lowest BCUT2D eigenvalue weighted by atomic mass is 9.96. The van der Waals surface area contributed by atoms with Crippen molar-refractivity contribution in [3.8, 4) is 0 Å². The number of amides is 1. The summed E-state index contributed by atoms with van der Waals surface area (Å²) < 4.78 is 5.17. The number of aliphatic carboxylic acids is 1. The predicted molar refractivity (Wildman–Crippen MR) is 102 cm³/mol. The van der Waals surface area contributed by atoms with Crippen LogP contribution >= 0.6 is 11.8 Å². The molecule has 1 aromatic heterocycles. The number of hydrogen-bond acceptors (Lipinski definition) is 5. The summed E-state index contributed by atoms with van der Waals surface area (Å²) in [6, 6.07) is 7.63. The number of carboxylic acid groups (broad SMARTS) is 1. The number of nitrogens with one attached hydrogen (secondary N) is 1. The minimum atomic E-state index is -0.786. The molecule has 1 unspecified atom stereocenters. The van der Waals surface area contributed by atoms with Crippen molar-refractivity contribution < 1.29 is 19.2 Å². The number of nitrogens with zero attached hydrogens (tertiary/aromatic N) is 1. The molecule has 7 heteroatoms. The Morgan fingerprint density at radius 2 is 2.12 bits per heavy atom. The highest BCUT2D eigenvalue weighted by molar-refractivity contribution is 7.98. The molecule has 1 amide bonds. The normalized spacial score (nSPS) is 12.0. The van der Waals surface area contributed by atoms with Gasteiger partial charge in [-0.15, -0.1) is 0 Å². The molecule has 0 aliphatic heterocycles. The van der Waals surface area contributed by atoms with Crippen molar-refractivity contribution in [2.75, 3.05) is 11.1 Å². The van der Waals surface area contributed by atoms with Gasteiger partial charge in [0.1, 0.15) is 5.76 Å². The summed E-state index contributed by atoms with van der Waals surface area (Å²) in [5.74, 6) is 1.21. The van der Waals surface area contributed by atoms with Gasteiger partial charge in [-0.3, -0.25) is 9.59 Å². The van der Waals surface area contributed by atoms with E-state index in [-0.39, 0.29) is 18.2 Å². The molecule has 6 nitrogen and oxygen atoms in total. The first-order valence-electron chi connectivity index (χ1n) is 8.48. The highest BCUT2D eigenvalue weighted by atomic mass is 32.2. The molecule has 0 fully saturated rings. The zero-order chi connectivity index (χ0) is 19.1. The molecule has 2 rings (SSSR count). The number of benzene rings is 1. The van der Waals surface area contributed by atoms with Gasteiger partial charge in [0.15, 0.2) is 0 Å². The maximum Gasteiger partial charge on any atom is 0.304 e. The van der Waals surface area contributed by atoms with Crippen LogP contribution in [0.4, 0.5) is 5.69 Å². The van der Waals surface area contributed by atoms with Crippen LogP contribution in [-0.4, -0.2) is 27.9 Å². The number of aromatic nitrogens is 1. The summed E-state index contributed by atoms with van der Waals surface area (Å²) >= 11 is 1.56. The number of rotatable bonds is 9. The van der Waals surface area contributed by atoms with Gasteiger partial charge in [0.2, 0.25) is 5.91 Å². The van der Waals surface area contributed by atoms with Gasteiger partial charge >= 0.3 is 5.97 Å². The Morgan fingerprint density at radius 3 is 2.77 bits per heavy atom. The largest absolute Gasteiger partial charge is 0.481 e. The summed E-state index contributed by atoms with van der Waals surface area (Å²) in [4.78, 5) is 22.9. The Labute approximate surface area is 157 Å². The molecule has 0 aliphatic rings. The third-order valence-electron chi connectivity index (χ3n) is 4.01. The molecule has 1 atom stereocenters. The number of anilines is 1. The van der Waals surface area contributed by atoms with E-state index in [4.69, 9.17) is 9.63 Å². The van der Waals surface area contributed by atoms with Crippen molar-refractivity contribution in [3.63, 3.8) is 0 Å². The van der Waals surface area contributed by atoms with Crippen molar-refractivity contribution in [1.82, 2.24) is 5.16 Å². The number of thioether (sulfide) groups is 1. The number of carboxylic acids is 1. The molecule has 26 heavy (non-hydrogen) atoms. The molecule has 140 valence electrons. The summed E-state index contributed by atoms with van der Waals surface area (Å²) in [7, 11) is 0. The number of hydrogen-bond donors (Lipinski definition) is 2. The van der Waals surface area contributed by atoms with Crippen LogP contribution in [0.3, 0.4) is 0 Å². The van der Waals surface area contributed by atoms with Crippen LogP contribution in [0.5, 0.6) is 0 Å². The van der Waals surface area contributed by atoms with Crippen LogP contribution in [0.15, 0.2) is 28.8 Å². The third-order valence-corrected chi connectivity index (χ3v) is 5.04. The molecule has 2 aromatic rings. The number of carbonyl (C=O) groups is 2. The van der Waals surface area contributed by atoms with Crippen LogP contribution in [0, 0.1) is 13.8 Å². The van der Waals surface area contributed by atoms with Crippen molar-refractivity contribution in [2.24, 2.45) is 0 Å². The first-order chi connectivity index (χ1) is 12.4. The van der Waals surface area contributed by atoms with Crippen molar-refractivity contribution >= 4 is 29.3 Å². The average molecular weight is 376 g/mol. The van der Waals surface area contributed by atoms with Crippen LogP contribution in [-0.2, 0) is 15.3 Å². The van der Waals surface area contributed by atoms with Crippen LogP contribution < -0.4 is 5.32 Å². The smallest absolute Gasteiger partial charge is 0.304 e. The minimum absolute atomic E-state index is 0.0241. The fourth-order valence-electron chi connectivity index (χ4n) is 2.87.